The second kappa shape index (κ2) is 6.58. The lowest BCUT2D eigenvalue weighted by molar-refractivity contribution is -0.138. The van der Waals surface area contributed by atoms with Gasteiger partial charge in [0.1, 0.15) is 0 Å². The minimum absolute atomic E-state index is 0.127. The molecular formula is C13H16BrF3N2O. The van der Waals surface area contributed by atoms with Crippen LogP contribution in [0.2, 0.25) is 0 Å². The molecule has 1 amide bonds. The molecule has 0 aliphatic carbocycles. The summed E-state index contributed by atoms with van der Waals surface area (Å²) in [4.78, 5) is 11.9. The first kappa shape index (κ1) is 17.0. The van der Waals surface area contributed by atoms with Crippen molar-refractivity contribution in [3.63, 3.8) is 0 Å². The van der Waals surface area contributed by atoms with Crippen molar-refractivity contribution in [2.45, 2.75) is 26.1 Å². The van der Waals surface area contributed by atoms with Gasteiger partial charge in [0, 0.05) is 17.1 Å². The third kappa shape index (κ3) is 4.49. The molecular weight excluding hydrogens is 337 g/mol. The molecule has 1 atom stereocenters. The zero-order chi connectivity index (χ0) is 15.5. The summed E-state index contributed by atoms with van der Waals surface area (Å²) in [6, 6.07) is 3.12. The van der Waals surface area contributed by atoms with Crippen molar-refractivity contribution in [1.82, 2.24) is 5.32 Å². The van der Waals surface area contributed by atoms with Crippen molar-refractivity contribution in [3.05, 3.63) is 33.8 Å². The molecule has 0 saturated heterocycles. The molecule has 0 aliphatic heterocycles. The zero-order valence-corrected chi connectivity index (χ0v) is 12.7. The van der Waals surface area contributed by atoms with Crippen LogP contribution in [0.15, 0.2) is 22.7 Å². The Morgan fingerprint density at radius 1 is 1.40 bits per heavy atom. The van der Waals surface area contributed by atoms with Gasteiger partial charge in [-0.2, -0.15) is 13.2 Å². The summed E-state index contributed by atoms with van der Waals surface area (Å²) in [5.41, 5.74) is 4.37. The van der Waals surface area contributed by atoms with Gasteiger partial charge >= 0.3 is 6.18 Å². The van der Waals surface area contributed by atoms with E-state index in [0.29, 0.717) is 0 Å². The van der Waals surface area contributed by atoms with Crippen molar-refractivity contribution in [2.75, 3.05) is 6.54 Å². The number of nitrogens with one attached hydrogen (secondary N) is 1. The molecule has 7 heteroatoms. The standard InChI is InChI=1S/C13H16BrF3N2O/c1-7(2)11(18)6-19-12(20)9-4-3-8(14)5-10(9)13(15,16)17/h3-5,7,11H,6,18H2,1-2H3,(H,19,20). The number of alkyl halides is 3. The summed E-state index contributed by atoms with van der Waals surface area (Å²) >= 11 is 2.97. The number of carbonyl (C=O) groups is 1. The maximum atomic E-state index is 12.9. The lowest BCUT2D eigenvalue weighted by Crippen LogP contribution is -2.40. The van der Waals surface area contributed by atoms with Crippen LogP contribution < -0.4 is 11.1 Å². The van der Waals surface area contributed by atoms with Gasteiger partial charge in [0.2, 0.25) is 0 Å². The van der Waals surface area contributed by atoms with Crippen LogP contribution in [-0.2, 0) is 6.18 Å². The predicted molar refractivity (Wildman–Crippen MR) is 74.3 cm³/mol. The molecule has 0 radical (unpaired) electrons. The van der Waals surface area contributed by atoms with Crippen LogP contribution in [-0.4, -0.2) is 18.5 Å². The number of nitrogens with two attached hydrogens (primary N) is 1. The molecule has 3 nitrogen and oxygen atoms in total. The zero-order valence-electron chi connectivity index (χ0n) is 11.1. The van der Waals surface area contributed by atoms with Gasteiger partial charge in [0.15, 0.2) is 0 Å². The maximum Gasteiger partial charge on any atom is 0.417 e. The molecule has 0 saturated carbocycles. The molecule has 1 rings (SSSR count). The molecule has 0 aliphatic rings. The first-order valence-electron chi connectivity index (χ1n) is 6.03. The first-order valence-corrected chi connectivity index (χ1v) is 6.82. The predicted octanol–water partition coefficient (Wildman–Crippen LogP) is 3.18. The lowest BCUT2D eigenvalue weighted by Gasteiger charge is -2.17. The Labute approximate surface area is 123 Å². The van der Waals surface area contributed by atoms with Gasteiger partial charge in [-0.1, -0.05) is 29.8 Å². The van der Waals surface area contributed by atoms with Gasteiger partial charge in [0.25, 0.3) is 5.91 Å². The molecule has 112 valence electrons. The van der Waals surface area contributed by atoms with Crippen molar-refractivity contribution < 1.29 is 18.0 Å². The average Bonchev–Trinajstić information content (AvgIpc) is 2.34. The summed E-state index contributed by atoms with van der Waals surface area (Å²) in [6.07, 6.45) is -4.59. The van der Waals surface area contributed by atoms with Crippen LogP contribution in [0.1, 0.15) is 29.8 Å². The molecule has 1 aromatic carbocycles. The molecule has 20 heavy (non-hydrogen) atoms. The van der Waals surface area contributed by atoms with Crippen LogP contribution in [0.4, 0.5) is 13.2 Å². The number of amides is 1. The van der Waals surface area contributed by atoms with E-state index < -0.39 is 23.2 Å². The molecule has 1 unspecified atom stereocenters. The van der Waals surface area contributed by atoms with Crippen molar-refractivity contribution >= 4 is 21.8 Å². The Hall–Kier alpha value is -1.08. The van der Waals surface area contributed by atoms with E-state index >= 15 is 0 Å². The van der Waals surface area contributed by atoms with E-state index in [1.54, 1.807) is 0 Å². The molecule has 3 N–H and O–H groups in total. The number of benzene rings is 1. The van der Waals surface area contributed by atoms with Gasteiger partial charge in [-0.05, 0) is 24.1 Å². The van der Waals surface area contributed by atoms with Crippen LogP contribution in [0.3, 0.4) is 0 Å². The van der Waals surface area contributed by atoms with Crippen LogP contribution in [0.25, 0.3) is 0 Å². The topological polar surface area (TPSA) is 55.1 Å². The average molecular weight is 353 g/mol. The highest BCUT2D eigenvalue weighted by atomic mass is 79.9. The summed E-state index contributed by atoms with van der Waals surface area (Å²) in [5.74, 6) is -0.650. The van der Waals surface area contributed by atoms with E-state index in [-0.39, 0.29) is 23.0 Å². The minimum Gasteiger partial charge on any atom is -0.350 e. The highest BCUT2D eigenvalue weighted by Gasteiger charge is 2.35. The largest absolute Gasteiger partial charge is 0.417 e. The highest BCUT2D eigenvalue weighted by molar-refractivity contribution is 9.10. The number of halogens is 4. The van der Waals surface area contributed by atoms with Gasteiger partial charge in [0.05, 0.1) is 11.1 Å². The fraction of sp³-hybridized carbons (Fsp3) is 0.462. The summed E-state index contributed by atoms with van der Waals surface area (Å²) in [7, 11) is 0. The Kier molecular flexibility index (Phi) is 5.59. The molecule has 0 fully saturated rings. The fourth-order valence-corrected chi connectivity index (χ4v) is 1.85. The second-order valence-corrected chi connectivity index (χ2v) is 5.72. The number of hydrogen-bond donors (Lipinski definition) is 2. The van der Waals surface area contributed by atoms with E-state index in [0.717, 1.165) is 12.1 Å². The first-order chi connectivity index (χ1) is 9.12. The Morgan fingerprint density at radius 2 is 2.00 bits per heavy atom. The van der Waals surface area contributed by atoms with Crippen molar-refractivity contribution in [3.8, 4) is 0 Å². The smallest absolute Gasteiger partial charge is 0.350 e. The van der Waals surface area contributed by atoms with Gasteiger partial charge in [-0.25, -0.2) is 0 Å². The minimum atomic E-state index is -4.59. The summed E-state index contributed by atoms with van der Waals surface area (Å²) in [6.45, 7) is 3.87. The molecule has 0 bridgehead atoms. The van der Waals surface area contributed by atoms with Crippen LogP contribution in [0.5, 0.6) is 0 Å². The lowest BCUT2D eigenvalue weighted by atomic mass is 10.0. The van der Waals surface area contributed by atoms with Crippen LogP contribution in [0, 0.1) is 5.92 Å². The van der Waals surface area contributed by atoms with Gasteiger partial charge in [-0.3, -0.25) is 4.79 Å². The van der Waals surface area contributed by atoms with E-state index in [4.69, 9.17) is 5.73 Å². The van der Waals surface area contributed by atoms with Gasteiger partial charge in [-0.15, -0.1) is 0 Å². The molecule has 0 heterocycles. The molecule has 0 aromatic heterocycles. The molecule has 0 spiro atoms. The Morgan fingerprint density at radius 3 is 2.50 bits per heavy atom. The SMILES string of the molecule is CC(C)C(N)CNC(=O)c1ccc(Br)cc1C(F)(F)F. The quantitative estimate of drug-likeness (QED) is 0.874. The maximum absolute atomic E-state index is 12.9. The third-order valence-electron chi connectivity index (χ3n) is 2.89. The van der Waals surface area contributed by atoms with Crippen molar-refractivity contribution in [1.29, 1.82) is 0 Å². The fourth-order valence-electron chi connectivity index (χ4n) is 1.49. The Bertz CT molecular complexity index is 489. The normalized spacial score (nSPS) is 13.4. The van der Waals surface area contributed by atoms with E-state index in [1.165, 1.54) is 6.07 Å². The summed E-state index contributed by atoms with van der Waals surface area (Å²) in [5, 5.41) is 2.43. The Balaban J connectivity index is 2.93. The molecule has 1 aromatic rings. The van der Waals surface area contributed by atoms with E-state index in [9.17, 15) is 18.0 Å². The summed E-state index contributed by atoms with van der Waals surface area (Å²) < 4.78 is 38.9. The van der Waals surface area contributed by atoms with Gasteiger partial charge < -0.3 is 11.1 Å². The number of hydrogen-bond acceptors (Lipinski definition) is 2. The second-order valence-electron chi connectivity index (χ2n) is 4.81. The van der Waals surface area contributed by atoms with E-state index in [1.807, 2.05) is 13.8 Å². The van der Waals surface area contributed by atoms with Crippen LogP contribution >= 0.6 is 15.9 Å². The number of carbonyl (C=O) groups excluding carboxylic acids is 1. The number of rotatable bonds is 4. The monoisotopic (exact) mass is 352 g/mol. The third-order valence-corrected chi connectivity index (χ3v) is 3.38. The highest BCUT2D eigenvalue weighted by Crippen LogP contribution is 2.33. The van der Waals surface area contributed by atoms with E-state index in [2.05, 4.69) is 21.2 Å². The van der Waals surface area contributed by atoms with Crippen molar-refractivity contribution in [2.24, 2.45) is 11.7 Å².